The number of carbonyl (C=O) groups excluding carboxylic acids is 2. The lowest BCUT2D eigenvalue weighted by Gasteiger charge is -2.07. The van der Waals surface area contributed by atoms with E-state index in [4.69, 9.17) is 9.47 Å². The molecular formula is C31H26F2O4. The first-order chi connectivity index (χ1) is 18.0. The highest BCUT2D eigenvalue weighted by atomic mass is 19.1. The zero-order valence-electron chi connectivity index (χ0n) is 20.2. The minimum atomic E-state index is -0.335. The van der Waals surface area contributed by atoms with Gasteiger partial charge < -0.3 is 9.47 Å². The third-order valence-electron chi connectivity index (χ3n) is 5.79. The summed E-state index contributed by atoms with van der Waals surface area (Å²) in [6.45, 7) is 0. The number of hydrogen-bond donors (Lipinski definition) is 0. The SMILES string of the molecule is O=C(CCCCCC(=O)Oc1ccc(-c2ccc(F)cc2)cc1)Oc1ccc(-c2ccc(F)cc2)cc1. The number of halogens is 2. The van der Waals surface area contributed by atoms with Crippen LogP contribution in [-0.4, -0.2) is 11.9 Å². The molecule has 188 valence electrons. The summed E-state index contributed by atoms with van der Waals surface area (Å²) < 4.78 is 36.9. The van der Waals surface area contributed by atoms with Crippen molar-refractivity contribution < 1.29 is 27.8 Å². The Morgan fingerprint density at radius 3 is 1.08 bits per heavy atom. The number of carbonyl (C=O) groups is 2. The quantitative estimate of drug-likeness (QED) is 0.127. The standard InChI is InChI=1S/C31H26F2O4/c32-26-14-6-22(7-15-26)24-10-18-28(19-11-24)36-30(34)4-2-1-3-5-31(35)37-29-20-12-25(13-21-29)23-8-16-27(33)17-9-23/h6-21H,1-5H2. The lowest BCUT2D eigenvalue weighted by atomic mass is 10.1. The molecule has 6 heteroatoms. The van der Waals surface area contributed by atoms with Gasteiger partial charge in [0.2, 0.25) is 0 Å². The first kappa shape index (κ1) is 25.8. The van der Waals surface area contributed by atoms with Crippen LogP contribution < -0.4 is 9.47 Å². The van der Waals surface area contributed by atoms with E-state index in [-0.39, 0.29) is 36.4 Å². The number of ether oxygens (including phenoxy) is 2. The maximum absolute atomic E-state index is 13.1. The average Bonchev–Trinajstić information content (AvgIpc) is 2.90. The lowest BCUT2D eigenvalue weighted by Crippen LogP contribution is -2.09. The van der Waals surface area contributed by atoms with Crippen LogP contribution in [0.5, 0.6) is 11.5 Å². The molecule has 0 aliphatic carbocycles. The van der Waals surface area contributed by atoms with Crippen LogP contribution >= 0.6 is 0 Å². The van der Waals surface area contributed by atoms with Gasteiger partial charge in [0.05, 0.1) is 0 Å². The molecule has 0 amide bonds. The Kier molecular flexibility index (Phi) is 8.76. The summed E-state index contributed by atoms with van der Waals surface area (Å²) in [7, 11) is 0. The fourth-order valence-electron chi connectivity index (χ4n) is 3.80. The molecule has 0 radical (unpaired) electrons. The molecule has 0 saturated heterocycles. The van der Waals surface area contributed by atoms with E-state index in [9.17, 15) is 18.4 Å². The Balaban J connectivity index is 1.12. The second-order valence-electron chi connectivity index (χ2n) is 8.57. The van der Waals surface area contributed by atoms with Crippen molar-refractivity contribution in [3.63, 3.8) is 0 Å². The van der Waals surface area contributed by atoms with Crippen molar-refractivity contribution in [1.82, 2.24) is 0 Å². The Morgan fingerprint density at radius 2 is 0.757 bits per heavy atom. The second-order valence-corrected chi connectivity index (χ2v) is 8.57. The van der Waals surface area contributed by atoms with Crippen LogP contribution in [-0.2, 0) is 9.59 Å². The minimum Gasteiger partial charge on any atom is -0.427 e. The first-order valence-corrected chi connectivity index (χ1v) is 12.1. The van der Waals surface area contributed by atoms with Crippen LogP contribution in [0.2, 0.25) is 0 Å². The lowest BCUT2D eigenvalue weighted by molar-refractivity contribution is -0.134. The number of unbranched alkanes of at least 4 members (excludes halogenated alkanes) is 2. The van der Waals surface area contributed by atoms with E-state index in [2.05, 4.69) is 0 Å². The van der Waals surface area contributed by atoms with Crippen molar-refractivity contribution in [3.05, 3.63) is 109 Å². The Bertz CT molecular complexity index is 1210. The molecule has 0 saturated carbocycles. The molecule has 4 aromatic carbocycles. The maximum atomic E-state index is 13.1. The smallest absolute Gasteiger partial charge is 0.311 e. The fourth-order valence-corrected chi connectivity index (χ4v) is 3.80. The van der Waals surface area contributed by atoms with Crippen molar-refractivity contribution in [1.29, 1.82) is 0 Å². The predicted octanol–water partition coefficient (Wildman–Crippen LogP) is 7.76. The Hall–Kier alpha value is -4.32. The van der Waals surface area contributed by atoms with Crippen molar-refractivity contribution in [3.8, 4) is 33.8 Å². The summed E-state index contributed by atoms with van der Waals surface area (Å²) in [6, 6.07) is 26.5. The van der Waals surface area contributed by atoms with Crippen LogP contribution in [0.4, 0.5) is 8.78 Å². The molecule has 37 heavy (non-hydrogen) atoms. The summed E-state index contributed by atoms with van der Waals surface area (Å²) in [5, 5.41) is 0. The molecule has 0 atom stereocenters. The van der Waals surface area contributed by atoms with Gasteiger partial charge in [-0.3, -0.25) is 9.59 Å². The number of benzene rings is 4. The largest absolute Gasteiger partial charge is 0.427 e. The molecule has 0 bridgehead atoms. The zero-order valence-corrected chi connectivity index (χ0v) is 20.2. The molecule has 4 nitrogen and oxygen atoms in total. The molecule has 4 aromatic rings. The monoisotopic (exact) mass is 500 g/mol. The molecule has 0 unspecified atom stereocenters. The second kappa shape index (κ2) is 12.6. The van der Waals surface area contributed by atoms with Gasteiger partial charge in [-0.05, 0) is 83.6 Å². The van der Waals surface area contributed by atoms with E-state index in [0.29, 0.717) is 30.8 Å². The van der Waals surface area contributed by atoms with Crippen molar-refractivity contribution in [2.45, 2.75) is 32.1 Å². The van der Waals surface area contributed by atoms with E-state index >= 15 is 0 Å². The van der Waals surface area contributed by atoms with Crippen LogP contribution in [0.1, 0.15) is 32.1 Å². The van der Waals surface area contributed by atoms with Gasteiger partial charge >= 0.3 is 11.9 Å². The normalized spacial score (nSPS) is 10.6. The summed E-state index contributed by atoms with van der Waals surface area (Å²) >= 11 is 0. The highest BCUT2D eigenvalue weighted by Crippen LogP contribution is 2.24. The van der Waals surface area contributed by atoms with Gasteiger partial charge in [-0.2, -0.15) is 0 Å². The van der Waals surface area contributed by atoms with Crippen molar-refractivity contribution >= 4 is 11.9 Å². The summed E-state index contributed by atoms with van der Waals surface area (Å²) in [5.41, 5.74) is 3.55. The van der Waals surface area contributed by atoms with E-state index in [1.807, 2.05) is 24.3 Å². The zero-order chi connectivity index (χ0) is 26.0. The summed E-state index contributed by atoms with van der Waals surface area (Å²) in [5.74, 6) is -0.354. The van der Waals surface area contributed by atoms with Gasteiger partial charge in [-0.15, -0.1) is 0 Å². The van der Waals surface area contributed by atoms with E-state index in [1.165, 1.54) is 24.3 Å². The Morgan fingerprint density at radius 1 is 0.459 bits per heavy atom. The summed E-state index contributed by atoms with van der Waals surface area (Å²) in [6.07, 6.45) is 2.40. The predicted molar refractivity (Wildman–Crippen MR) is 138 cm³/mol. The highest BCUT2D eigenvalue weighted by Gasteiger charge is 2.08. The third kappa shape index (κ3) is 7.84. The molecular weight excluding hydrogens is 474 g/mol. The van der Waals surface area contributed by atoms with Gasteiger partial charge in [0.1, 0.15) is 23.1 Å². The van der Waals surface area contributed by atoms with Gasteiger partial charge in [0, 0.05) is 12.8 Å². The molecule has 0 fully saturated rings. The topological polar surface area (TPSA) is 52.6 Å². The van der Waals surface area contributed by atoms with Crippen LogP contribution in [0.15, 0.2) is 97.1 Å². The van der Waals surface area contributed by atoms with Crippen LogP contribution in [0.3, 0.4) is 0 Å². The van der Waals surface area contributed by atoms with Gasteiger partial charge in [0.25, 0.3) is 0 Å². The molecule has 0 aliphatic heterocycles. The van der Waals surface area contributed by atoms with Gasteiger partial charge in [-0.1, -0.05) is 55.0 Å². The van der Waals surface area contributed by atoms with Gasteiger partial charge in [-0.25, -0.2) is 8.78 Å². The fraction of sp³-hybridized carbons (Fsp3) is 0.161. The average molecular weight is 501 g/mol. The molecule has 0 aliphatic rings. The third-order valence-corrected chi connectivity index (χ3v) is 5.79. The number of hydrogen-bond acceptors (Lipinski definition) is 4. The van der Waals surface area contributed by atoms with Crippen molar-refractivity contribution in [2.24, 2.45) is 0 Å². The van der Waals surface area contributed by atoms with E-state index < -0.39 is 0 Å². The molecule has 0 spiro atoms. The number of rotatable bonds is 10. The minimum absolute atomic E-state index is 0.250. The Labute approximate surface area is 214 Å². The molecule has 4 rings (SSSR count). The van der Waals surface area contributed by atoms with E-state index in [1.54, 1.807) is 48.5 Å². The maximum Gasteiger partial charge on any atom is 0.311 e. The first-order valence-electron chi connectivity index (χ1n) is 12.1. The highest BCUT2D eigenvalue weighted by molar-refractivity contribution is 5.74. The molecule has 0 N–H and O–H groups in total. The van der Waals surface area contributed by atoms with Gasteiger partial charge in [0.15, 0.2) is 0 Å². The summed E-state index contributed by atoms with van der Waals surface area (Å²) in [4.78, 5) is 24.2. The molecule has 0 aromatic heterocycles. The molecule has 0 heterocycles. The number of esters is 2. The van der Waals surface area contributed by atoms with Crippen molar-refractivity contribution in [2.75, 3.05) is 0 Å². The van der Waals surface area contributed by atoms with Crippen LogP contribution in [0, 0.1) is 11.6 Å². The van der Waals surface area contributed by atoms with Crippen LogP contribution in [0.25, 0.3) is 22.3 Å². The van der Waals surface area contributed by atoms with E-state index in [0.717, 1.165) is 22.3 Å².